The number of aromatic nitrogens is 2. The van der Waals surface area contributed by atoms with Crippen LogP contribution < -0.4 is 15.4 Å². The normalized spacial score (nSPS) is 18.3. The van der Waals surface area contributed by atoms with Gasteiger partial charge in [-0.3, -0.25) is 4.79 Å². The maximum Gasteiger partial charge on any atom is 0.270 e. The van der Waals surface area contributed by atoms with Gasteiger partial charge in [-0.15, -0.1) is 0 Å². The Morgan fingerprint density at radius 1 is 1.27 bits per heavy atom. The van der Waals surface area contributed by atoms with Crippen molar-refractivity contribution in [3.63, 3.8) is 0 Å². The molecule has 138 valence electrons. The number of nitrogens with one attached hydrogen (secondary N) is 2. The number of nitrogens with zero attached hydrogens (tertiary/aromatic N) is 2. The molecule has 1 atom stereocenters. The number of rotatable bonds is 5. The van der Waals surface area contributed by atoms with Crippen molar-refractivity contribution in [2.75, 3.05) is 23.9 Å². The smallest absolute Gasteiger partial charge is 0.270 e. The highest BCUT2D eigenvalue weighted by Crippen LogP contribution is 2.27. The van der Waals surface area contributed by atoms with Crippen LogP contribution in [0, 0.1) is 6.92 Å². The molecule has 0 saturated carbocycles. The minimum absolute atomic E-state index is 0.0323. The van der Waals surface area contributed by atoms with Crippen molar-refractivity contribution >= 4 is 27.2 Å². The SMILES string of the molecule is COc1ccc(C)cc1Nc1cc(C(=O)NC2CCS(=O)(=O)C2)ncn1. The zero-order valence-electron chi connectivity index (χ0n) is 14.5. The van der Waals surface area contributed by atoms with Crippen LogP contribution in [0.4, 0.5) is 11.5 Å². The highest BCUT2D eigenvalue weighted by Gasteiger charge is 2.29. The summed E-state index contributed by atoms with van der Waals surface area (Å²) in [7, 11) is -1.48. The largest absolute Gasteiger partial charge is 0.495 e. The molecule has 3 rings (SSSR count). The Hall–Kier alpha value is -2.68. The number of hydrogen-bond acceptors (Lipinski definition) is 7. The monoisotopic (exact) mass is 376 g/mol. The molecule has 1 saturated heterocycles. The molecule has 1 aromatic carbocycles. The van der Waals surface area contributed by atoms with E-state index in [9.17, 15) is 13.2 Å². The van der Waals surface area contributed by atoms with Crippen LogP contribution in [-0.4, -0.2) is 49.0 Å². The van der Waals surface area contributed by atoms with Gasteiger partial charge in [0.2, 0.25) is 0 Å². The predicted molar refractivity (Wildman–Crippen MR) is 97.6 cm³/mol. The van der Waals surface area contributed by atoms with Crippen LogP contribution in [0.25, 0.3) is 0 Å². The predicted octanol–water partition coefficient (Wildman–Crippen LogP) is 1.45. The van der Waals surface area contributed by atoms with Gasteiger partial charge in [0, 0.05) is 12.1 Å². The fraction of sp³-hybridized carbons (Fsp3) is 0.353. The van der Waals surface area contributed by atoms with Gasteiger partial charge in [0.25, 0.3) is 5.91 Å². The Labute approximate surface area is 151 Å². The summed E-state index contributed by atoms with van der Waals surface area (Å²) in [6.45, 7) is 1.96. The molecule has 0 spiro atoms. The molecule has 2 aromatic rings. The van der Waals surface area contributed by atoms with Crippen molar-refractivity contribution in [2.45, 2.75) is 19.4 Å². The Kier molecular flexibility index (Phi) is 5.08. The number of amides is 1. The van der Waals surface area contributed by atoms with Crippen LogP contribution in [0.1, 0.15) is 22.5 Å². The molecule has 1 aliphatic heterocycles. The topological polar surface area (TPSA) is 110 Å². The lowest BCUT2D eigenvalue weighted by atomic mass is 10.2. The summed E-state index contributed by atoms with van der Waals surface area (Å²) < 4.78 is 28.3. The number of aryl methyl sites for hydroxylation is 1. The fourth-order valence-corrected chi connectivity index (χ4v) is 4.45. The molecular formula is C17H20N4O4S. The molecular weight excluding hydrogens is 356 g/mol. The summed E-state index contributed by atoms with van der Waals surface area (Å²) in [6, 6.07) is 6.81. The number of benzene rings is 1. The molecule has 1 amide bonds. The zero-order chi connectivity index (χ0) is 18.7. The summed E-state index contributed by atoms with van der Waals surface area (Å²) >= 11 is 0. The molecule has 2 N–H and O–H groups in total. The first-order valence-electron chi connectivity index (χ1n) is 8.11. The molecule has 8 nitrogen and oxygen atoms in total. The van der Waals surface area contributed by atoms with Gasteiger partial charge < -0.3 is 15.4 Å². The third-order valence-corrected chi connectivity index (χ3v) is 5.85. The second kappa shape index (κ2) is 7.28. The Morgan fingerprint density at radius 2 is 2.08 bits per heavy atom. The Morgan fingerprint density at radius 3 is 2.77 bits per heavy atom. The third kappa shape index (κ3) is 4.29. The zero-order valence-corrected chi connectivity index (χ0v) is 15.3. The molecule has 2 heterocycles. The van der Waals surface area contributed by atoms with Crippen LogP contribution in [0.3, 0.4) is 0 Å². The molecule has 1 unspecified atom stereocenters. The van der Waals surface area contributed by atoms with Crippen LogP contribution in [0.5, 0.6) is 5.75 Å². The maximum atomic E-state index is 12.3. The standard InChI is InChI=1S/C17H20N4O4S/c1-11-3-4-15(25-2)13(7-11)21-16-8-14(18-10-19-16)17(22)20-12-5-6-26(23,24)9-12/h3-4,7-8,10,12H,5-6,9H2,1-2H3,(H,20,22)(H,18,19,21). The number of anilines is 2. The fourth-order valence-electron chi connectivity index (χ4n) is 2.78. The summed E-state index contributed by atoms with van der Waals surface area (Å²) in [4.78, 5) is 20.4. The Bertz CT molecular complexity index is 930. The quantitative estimate of drug-likeness (QED) is 0.813. The van der Waals surface area contributed by atoms with E-state index in [4.69, 9.17) is 4.74 Å². The lowest BCUT2D eigenvalue weighted by Crippen LogP contribution is -2.36. The van der Waals surface area contributed by atoms with Gasteiger partial charge in [-0.05, 0) is 31.0 Å². The van der Waals surface area contributed by atoms with E-state index in [2.05, 4.69) is 20.6 Å². The Balaban J connectivity index is 1.74. The summed E-state index contributed by atoms with van der Waals surface area (Å²) in [5.41, 5.74) is 1.93. The number of methoxy groups -OCH3 is 1. The van der Waals surface area contributed by atoms with Crippen molar-refractivity contribution in [1.29, 1.82) is 0 Å². The average Bonchev–Trinajstić information content (AvgIpc) is 2.94. The maximum absolute atomic E-state index is 12.3. The molecule has 1 aliphatic rings. The summed E-state index contributed by atoms with van der Waals surface area (Å²) in [6.07, 6.45) is 1.70. The first kappa shape index (κ1) is 18.1. The van der Waals surface area contributed by atoms with Crippen molar-refractivity contribution in [1.82, 2.24) is 15.3 Å². The van der Waals surface area contributed by atoms with Crippen LogP contribution in [0.2, 0.25) is 0 Å². The van der Waals surface area contributed by atoms with Crippen LogP contribution in [-0.2, 0) is 9.84 Å². The van der Waals surface area contributed by atoms with Crippen molar-refractivity contribution in [3.8, 4) is 5.75 Å². The van der Waals surface area contributed by atoms with E-state index in [1.165, 1.54) is 12.4 Å². The van der Waals surface area contributed by atoms with Crippen LogP contribution in [0.15, 0.2) is 30.6 Å². The summed E-state index contributed by atoms with van der Waals surface area (Å²) in [5, 5.41) is 5.83. The average molecular weight is 376 g/mol. The number of carbonyl (C=O) groups is 1. The molecule has 9 heteroatoms. The molecule has 1 aromatic heterocycles. The first-order chi connectivity index (χ1) is 12.4. The number of carbonyl (C=O) groups excluding carboxylic acids is 1. The van der Waals surface area contributed by atoms with Gasteiger partial charge in [-0.25, -0.2) is 18.4 Å². The highest BCUT2D eigenvalue weighted by molar-refractivity contribution is 7.91. The minimum atomic E-state index is -3.06. The lowest BCUT2D eigenvalue weighted by Gasteiger charge is -2.13. The van der Waals surface area contributed by atoms with E-state index >= 15 is 0 Å². The second-order valence-corrected chi connectivity index (χ2v) is 8.42. The molecule has 26 heavy (non-hydrogen) atoms. The highest BCUT2D eigenvalue weighted by atomic mass is 32.2. The van der Waals surface area contributed by atoms with Gasteiger partial charge >= 0.3 is 0 Å². The molecule has 0 bridgehead atoms. The van der Waals surface area contributed by atoms with Gasteiger partial charge in [-0.2, -0.15) is 0 Å². The molecule has 0 aliphatic carbocycles. The van der Waals surface area contributed by atoms with Crippen molar-refractivity contribution in [2.24, 2.45) is 0 Å². The van der Waals surface area contributed by atoms with E-state index < -0.39 is 15.7 Å². The van der Waals surface area contributed by atoms with E-state index in [0.717, 1.165) is 11.3 Å². The summed E-state index contributed by atoms with van der Waals surface area (Å²) in [5.74, 6) is 0.732. The van der Waals surface area contributed by atoms with Crippen LogP contribution >= 0.6 is 0 Å². The second-order valence-electron chi connectivity index (χ2n) is 6.19. The van der Waals surface area contributed by atoms with Gasteiger partial charge in [0.15, 0.2) is 9.84 Å². The van der Waals surface area contributed by atoms with Gasteiger partial charge in [0.05, 0.1) is 24.3 Å². The van der Waals surface area contributed by atoms with Gasteiger partial charge in [-0.1, -0.05) is 6.07 Å². The van der Waals surface area contributed by atoms with Crippen molar-refractivity contribution < 1.29 is 17.9 Å². The molecule has 0 radical (unpaired) electrons. The van der Waals surface area contributed by atoms with E-state index in [0.29, 0.717) is 18.0 Å². The van der Waals surface area contributed by atoms with E-state index in [1.54, 1.807) is 7.11 Å². The number of sulfone groups is 1. The number of ether oxygens (including phenoxy) is 1. The molecule has 1 fully saturated rings. The van der Waals surface area contributed by atoms with Crippen molar-refractivity contribution in [3.05, 3.63) is 41.9 Å². The lowest BCUT2D eigenvalue weighted by molar-refractivity contribution is 0.0936. The number of hydrogen-bond donors (Lipinski definition) is 2. The van der Waals surface area contributed by atoms with Gasteiger partial charge in [0.1, 0.15) is 23.6 Å². The van der Waals surface area contributed by atoms with E-state index in [1.807, 2.05) is 25.1 Å². The first-order valence-corrected chi connectivity index (χ1v) is 9.93. The third-order valence-electron chi connectivity index (χ3n) is 4.09. The van der Waals surface area contributed by atoms with E-state index in [-0.39, 0.29) is 23.2 Å². The minimum Gasteiger partial charge on any atom is -0.495 e.